The number of hydrogen-bond acceptors (Lipinski definition) is 7. The molecular formula is C27H22ClNO7. The fourth-order valence-electron chi connectivity index (χ4n) is 4.45. The Morgan fingerprint density at radius 1 is 0.944 bits per heavy atom. The van der Waals surface area contributed by atoms with E-state index in [0.29, 0.717) is 50.2 Å². The monoisotopic (exact) mass is 507 g/mol. The van der Waals surface area contributed by atoms with E-state index in [-0.39, 0.29) is 5.56 Å². The minimum absolute atomic E-state index is 0.235. The quantitative estimate of drug-likeness (QED) is 0.367. The van der Waals surface area contributed by atoms with Crippen molar-refractivity contribution in [3.8, 4) is 23.0 Å². The van der Waals surface area contributed by atoms with E-state index in [4.69, 9.17) is 35.0 Å². The average Bonchev–Trinajstić information content (AvgIpc) is 3.31. The summed E-state index contributed by atoms with van der Waals surface area (Å²) in [6.45, 7) is 0. The van der Waals surface area contributed by atoms with E-state index in [1.165, 1.54) is 21.3 Å². The summed E-state index contributed by atoms with van der Waals surface area (Å²) < 4.78 is 28.3. The lowest BCUT2D eigenvalue weighted by atomic mass is 9.87. The molecule has 0 bridgehead atoms. The maximum atomic E-state index is 13.5. The predicted molar refractivity (Wildman–Crippen MR) is 135 cm³/mol. The molecule has 0 unspecified atom stereocenters. The fraction of sp³-hybridized carbons (Fsp3) is 0.185. The number of carbonyl (C=O) groups excluding carboxylic acids is 1. The first-order valence-electron chi connectivity index (χ1n) is 11.0. The van der Waals surface area contributed by atoms with Gasteiger partial charge in [0.25, 0.3) is 5.91 Å². The second-order valence-electron chi connectivity index (χ2n) is 8.10. The van der Waals surface area contributed by atoms with Crippen molar-refractivity contribution in [2.45, 2.75) is 12.0 Å². The van der Waals surface area contributed by atoms with Gasteiger partial charge < -0.3 is 28.7 Å². The number of rotatable bonds is 6. The van der Waals surface area contributed by atoms with Crippen molar-refractivity contribution >= 4 is 34.2 Å². The fourth-order valence-corrected chi connectivity index (χ4v) is 4.58. The molecule has 8 nitrogen and oxygen atoms in total. The van der Waals surface area contributed by atoms with Crippen LogP contribution in [0.15, 0.2) is 69.9 Å². The van der Waals surface area contributed by atoms with Gasteiger partial charge in [-0.05, 0) is 54.1 Å². The molecule has 2 heterocycles. The molecule has 2 atom stereocenters. The molecule has 4 aromatic rings. The normalized spacial score (nSPS) is 16.2. The standard InChI is InChI=1S/C27H22ClNO7/c1-32-19-12-14(13-20(33-2)24(19)34-3)21-22-23(17-6-4-5-7-18(17)35-27(22)31)36-25(21)26(30)29-16-10-8-15(28)9-11-16/h4-13,21,25H,1-3H3,(H,29,30)/t21-,25+/m0/s1. The minimum atomic E-state index is -1.09. The van der Waals surface area contributed by atoms with Crippen LogP contribution in [0, 0.1) is 0 Å². The lowest BCUT2D eigenvalue weighted by Crippen LogP contribution is -2.35. The molecule has 0 aliphatic carbocycles. The lowest BCUT2D eigenvalue weighted by molar-refractivity contribution is -0.122. The van der Waals surface area contributed by atoms with Crippen LogP contribution in [0.5, 0.6) is 23.0 Å². The number of nitrogens with one attached hydrogen (secondary N) is 1. The number of carbonyl (C=O) groups is 1. The van der Waals surface area contributed by atoms with Crippen LogP contribution in [-0.4, -0.2) is 33.3 Å². The highest BCUT2D eigenvalue weighted by Crippen LogP contribution is 2.48. The van der Waals surface area contributed by atoms with Gasteiger partial charge in [0, 0.05) is 10.7 Å². The third-order valence-corrected chi connectivity index (χ3v) is 6.33. The molecule has 1 N–H and O–H groups in total. The smallest absolute Gasteiger partial charge is 0.344 e. The molecule has 0 radical (unpaired) electrons. The van der Waals surface area contributed by atoms with E-state index in [1.54, 1.807) is 54.6 Å². The summed E-state index contributed by atoms with van der Waals surface area (Å²) in [5.41, 5.74) is 1.10. The summed E-state index contributed by atoms with van der Waals surface area (Å²) in [5.74, 6) is 0.176. The largest absolute Gasteiger partial charge is 0.493 e. The maximum Gasteiger partial charge on any atom is 0.344 e. The van der Waals surface area contributed by atoms with Crippen molar-refractivity contribution in [3.05, 3.63) is 87.2 Å². The van der Waals surface area contributed by atoms with E-state index in [0.717, 1.165) is 0 Å². The van der Waals surface area contributed by atoms with E-state index < -0.39 is 23.6 Å². The number of para-hydroxylation sites is 1. The number of benzene rings is 3. The van der Waals surface area contributed by atoms with Crippen molar-refractivity contribution in [3.63, 3.8) is 0 Å². The van der Waals surface area contributed by atoms with Gasteiger partial charge in [0.05, 0.1) is 38.2 Å². The van der Waals surface area contributed by atoms with Gasteiger partial charge in [0.15, 0.2) is 17.6 Å². The van der Waals surface area contributed by atoms with Crippen LogP contribution < -0.4 is 29.9 Å². The third kappa shape index (κ3) is 3.99. The first-order chi connectivity index (χ1) is 17.4. The summed E-state index contributed by atoms with van der Waals surface area (Å²) >= 11 is 5.98. The predicted octanol–water partition coefficient (Wildman–Crippen LogP) is 5.00. The van der Waals surface area contributed by atoms with Crippen LogP contribution >= 0.6 is 11.6 Å². The minimum Gasteiger partial charge on any atom is -0.493 e. The van der Waals surface area contributed by atoms with Crippen molar-refractivity contribution in [2.24, 2.45) is 0 Å². The van der Waals surface area contributed by atoms with E-state index in [1.807, 2.05) is 6.07 Å². The van der Waals surface area contributed by atoms with Gasteiger partial charge in [-0.15, -0.1) is 0 Å². The van der Waals surface area contributed by atoms with Crippen molar-refractivity contribution in [2.75, 3.05) is 26.6 Å². The van der Waals surface area contributed by atoms with Crippen LogP contribution in [0.2, 0.25) is 5.02 Å². The van der Waals surface area contributed by atoms with Crippen molar-refractivity contribution in [1.82, 2.24) is 0 Å². The third-order valence-electron chi connectivity index (χ3n) is 6.07. The first-order valence-corrected chi connectivity index (χ1v) is 11.4. The molecule has 36 heavy (non-hydrogen) atoms. The summed E-state index contributed by atoms with van der Waals surface area (Å²) in [6, 6.07) is 17.1. The Morgan fingerprint density at radius 2 is 1.61 bits per heavy atom. The molecule has 3 aromatic carbocycles. The van der Waals surface area contributed by atoms with Gasteiger partial charge >= 0.3 is 5.63 Å². The Labute approximate surface area is 211 Å². The second kappa shape index (κ2) is 9.47. The van der Waals surface area contributed by atoms with Gasteiger partial charge in [0.1, 0.15) is 11.3 Å². The molecule has 9 heteroatoms. The molecule has 1 amide bonds. The van der Waals surface area contributed by atoms with E-state index in [2.05, 4.69) is 5.32 Å². The molecule has 1 aliphatic rings. The number of halogens is 1. The molecule has 1 aromatic heterocycles. The van der Waals surface area contributed by atoms with Crippen LogP contribution in [-0.2, 0) is 4.79 Å². The van der Waals surface area contributed by atoms with Crippen LogP contribution in [0.1, 0.15) is 17.0 Å². The molecule has 184 valence electrons. The number of amides is 1. The number of fused-ring (bicyclic) bond motifs is 3. The highest BCUT2D eigenvalue weighted by atomic mass is 35.5. The Kier molecular flexibility index (Phi) is 6.20. The SMILES string of the molecule is COc1cc([C@H]2c3c(c4ccccc4oc3=O)O[C@H]2C(=O)Nc2ccc(Cl)cc2)cc(OC)c1OC. The van der Waals surface area contributed by atoms with Gasteiger partial charge in [-0.2, -0.15) is 0 Å². The van der Waals surface area contributed by atoms with E-state index >= 15 is 0 Å². The second-order valence-corrected chi connectivity index (χ2v) is 8.54. The van der Waals surface area contributed by atoms with Gasteiger partial charge in [-0.25, -0.2) is 4.79 Å². The molecule has 0 spiro atoms. The number of hydrogen-bond donors (Lipinski definition) is 1. The maximum absolute atomic E-state index is 13.5. The number of ether oxygens (including phenoxy) is 4. The summed E-state index contributed by atoms with van der Waals surface area (Å²) in [4.78, 5) is 26.8. The van der Waals surface area contributed by atoms with Crippen LogP contribution in [0.25, 0.3) is 11.0 Å². The van der Waals surface area contributed by atoms with E-state index in [9.17, 15) is 9.59 Å². The Hall–Kier alpha value is -4.17. The Bertz CT molecular complexity index is 1490. The van der Waals surface area contributed by atoms with Crippen LogP contribution in [0.3, 0.4) is 0 Å². The van der Waals surface area contributed by atoms with Crippen molar-refractivity contribution in [1.29, 1.82) is 0 Å². The molecule has 0 fully saturated rings. The van der Waals surface area contributed by atoms with Gasteiger partial charge in [0.2, 0.25) is 5.75 Å². The van der Waals surface area contributed by atoms with Gasteiger partial charge in [-0.3, -0.25) is 4.79 Å². The summed E-state index contributed by atoms with van der Waals surface area (Å²) in [7, 11) is 4.48. The van der Waals surface area contributed by atoms with Crippen molar-refractivity contribution < 1.29 is 28.2 Å². The Balaban J connectivity index is 1.68. The van der Waals surface area contributed by atoms with Gasteiger partial charge in [-0.1, -0.05) is 23.7 Å². The summed E-state index contributed by atoms with van der Waals surface area (Å²) in [5, 5.41) is 3.98. The molecular weight excluding hydrogens is 486 g/mol. The lowest BCUT2D eigenvalue weighted by Gasteiger charge is -2.21. The highest BCUT2D eigenvalue weighted by Gasteiger charge is 2.45. The molecule has 0 saturated carbocycles. The molecule has 1 aliphatic heterocycles. The zero-order valence-corrected chi connectivity index (χ0v) is 20.4. The highest BCUT2D eigenvalue weighted by molar-refractivity contribution is 6.30. The zero-order chi connectivity index (χ0) is 25.4. The first kappa shape index (κ1) is 23.6. The topological polar surface area (TPSA) is 96.2 Å². The van der Waals surface area contributed by atoms with Crippen LogP contribution in [0.4, 0.5) is 5.69 Å². The summed E-state index contributed by atoms with van der Waals surface area (Å²) in [6.07, 6.45) is -1.09. The Morgan fingerprint density at radius 3 is 2.25 bits per heavy atom. The number of anilines is 1. The molecule has 5 rings (SSSR count). The number of methoxy groups -OCH3 is 3. The zero-order valence-electron chi connectivity index (χ0n) is 19.7. The average molecular weight is 508 g/mol. The molecule has 0 saturated heterocycles.